The van der Waals surface area contributed by atoms with Crippen molar-refractivity contribution in [1.29, 1.82) is 0 Å². The van der Waals surface area contributed by atoms with E-state index >= 15 is 0 Å². The van der Waals surface area contributed by atoms with Gasteiger partial charge >= 0.3 is 10.2 Å². The van der Waals surface area contributed by atoms with Gasteiger partial charge in [-0.3, -0.25) is 4.72 Å². The molecule has 0 aromatic heterocycles. The number of aliphatic hydroxyl groups excluding tert-OH is 1. The second-order valence-electron chi connectivity index (χ2n) is 6.18. The number of benzene rings is 2. The summed E-state index contributed by atoms with van der Waals surface area (Å²) in [6.07, 6.45) is 0.281. The molecule has 0 bridgehead atoms. The highest BCUT2D eigenvalue weighted by molar-refractivity contribution is 14.1. The van der Waals surface area contributed by atoms with E-state index in [2.05, 4.69) is 32.6 Å². The summed E-state index contributed by atoms with van der Waals surface area (Å²) in [4.78, 5) is 0. The number of hydrogen-bond donors (Lipinski definition) is 3. The predicted octanol–water partition coefficient (Wildman–Crippen LogP) is 3.94. The van der Waals surface area contributed by atoms with Crippen molar-refractivity contribution in [1.82, 2.24) is 4.31 Å². The molecule has 0 radical (unpaired) electrons. The van der Waals surface area contributed by atoms with E-state index in [4.69, 9.17) is 11.6 Å². The van der Waals surface area contributed by atoms with Crippen molar-refractivity contribution in [3.63, 3.8) is 0 Å². The minimum Gasteiger partial charge on any atom is -0.393 e. The zero-order valence-corrected chi connectivity index (χ0v) is 17.9. The zero-order valence-electron chi connectivity index (χ0n) is 14.1. The Morgan fingerprint density at radius 1 is 1.11 bits per heavy atom. The van der Waals surface area contributed by atoms with Gasteiger partial charge in [-0.25, -0.2) is 4.39 Å². The van der Waals surface area contributed by atoms with Gasteiger partial charge in [-0.05, 0) is 71.8 Å². The molecule has 27 heavy (non-hydrogen) atoms. The van der Waals surface area contributed by atoms with Crippen LogP contribution in [0.4, 0.5) is 21.5 Å². The summed E-state index contributed by atoms with van der Waals surface area (Å²) in [7, 11) is -3.83. The molecule has 1 aliphatic heterocycles. The lowest BCUT2D eigenvalue weighted by atomic mass is 10.1. The van der Waals surface area contributed by atoms with E-state index in [-0.39, 0.29) is 24.5 Å². The quantitative estimate of drug-likeness (QED) is 0.517. The first-order valence-electron chi connectivity index (χ1n) is 8.22. The van der Waals surface area contributed by atoms with Crippen LogP contribution < -0.4 is 10.0 Å². The summed E-state index contributed by atoms with van der Waals surface area (Å²) in [6.45, 7) is 0.451. The number of halogens is 3. The van der Waals surface area contributed by atoms with Crippen LogP contribution in [0.1, 0.15) is 12.8 Å². The summed E-state index contributed by atoms with van der Waals surface area (Å²) in [6, 6.07) is 9.04. The van der Waals surface area contributed by atoms with Gasteiger partial charge in [-0.2, -0.15) is 12.7 Å². The lowest BCUT2D eigenvalue weighted by Crippen LogP contribution is -2.42. The maximum absolute atomic E-state index is 13.8. The average molecular weight is 526 g/mol. The summed E-state index contributed by atoms with van der Waals surface area (Å²) in [5.74, 6) is -0.511. The fourth-order valence-corrected chi connectivity index (χ4v) is 4.91. The number of piperidine rings is 1. The molecule has 1 saturated heterocycles. The Hall–Kier alpha value is -1.14. The molecular weight excluding hydrogens is 508 g/mol. The van der Waals surface area contributed by atoms with Gasteiger partial charge in [0.15, 0.2) is 0 Å². The van der Waals surface area contributed by atoms with E-state index in [9.17, 15) is 17.9 Å². The molecule has 0 saturated carbocycles. The molecule has 146 valence electrons. The maximum Gasteiger partial charge on any atom is 0.301 e. The first-order chi connectivity index (χ1) is 12.7. The molecule has 0 amide bonds. The summed E-state index contributed by atoms with van der Waals surface area (Å²) in [5.41, 5.74) is 0.986. The van der Waals surface area contributed by atoms with Crippen molar-refractivity contribution >= 4 is 61.5 Å². The van der Waals surface area contributed by atoms with Crippen LogP contribution in [0.3, 0.4) is 0 Å². The zero-order chi connectivity index (χ0) is 19.6. The van der Waals surface area contributed by atoms with E-state index in [1.807, 2.05) is 6.07 Å². The van der Waals surface area contributed by atoms with Gasteiger partial charge in [0, 0.05) is 16.7 Å². The number of anilines is 3. The molecule has 1 heterocycles. The number of rotatable bonds is 5. The van der Waals surface area contributed by atoms with Crippen LogP contribution in [0, 0.1) is 9.39 Å². The number of aliphatic hydroxyl groups is 1. The Balaban J connectivity index is 1.85. The van der Waals surface area contributed by atoms with Gasteiger partial charge in [0.2, 0.25) is 0 Å². The molecule has 3 rings (SSSR count). The van der Waals surface area contributed by atoms with Gasteiger partial charge < -0.3 is 10.4 Å². The molecule has 0 aliphatic carbocycles. The Bertz CT molecular complexity index is 937. The lowest BCUT2D eigenvalue weighted by molar-refractivity contribution is 0.113. The van der Waals surface area contributed by atoms with Crippen molar-refractivity contribution in [2.75, 3.05) is 23.1 Å². The summed E-state index contributed by atoms with van der Waals surface area (Å²) < 4.78 is 43.8. The fourth-order valence-electron chi connectivity index (χ4n) is 2.73. The minimum atomic E-state index is -3.83. The van der Waals surface area contributed by atoms with E-state index in [1.54, 1.807) is 12.1 Å². The SMILES string of the molecule is O=S(=O)(Nc1ccc(F)cc1Nc1ccc(I)cc1Cl)N1CCC(O)CC1. The van der Waals surface area contributed by atoms with Crippen molar-refractivity contribution in [3.05, 3.63) is 50.8 Å². The highest BCUT2D eigenvalue weighted by Gasteiger charge is 2.27. The van der Waals surface area contributed by atoms with Crippen LogP contribution in [0.25, 0.3) is 0 Å². The molecule has 0 atom stereocenters. The fraction of sp³-hybridized carbons (Fsp3) is 0.294. The first kappa shape index (κ1) is 20.6. The van der Waals surface area contributed by atoms with Crippen LogP contribution in [-0.4, -0.2) is 37.0 Å². The van der Waals surface area contributed by atoms with E-state index in [0.717, 1.165) is 3.57 Å². The van der Waals surface area contributed by atoms with Crippen LogP contribution >= 0.6 is 34.2 Å². The van der Waals surface area contributed by atoms with Gasteiger partial charge in [0.05, 0.1) is 28.2 Å². The highest BCUT2D eigenvalue weighted by atomic mass is 127. The standard InChI is InChI=1S/C17H18ClFIN3O3S/c18-14-10-12(20)2-4-15(14)21-17-9-11(19)1-3-16(17)22-27(25,26)23-7-5-13(24)6-8-23/h1-4,9-10,13,21-22,24H,5-8H2. The molecule has 6 nitrogen and oxygen atoms in total. The monoisotopic (exact) mass is 525 g/mol. The predicted molar refractivity (Wildman–Crippen MR) is 113 cm³/mol. The Morgan fingerprint density at radius 2 is 1.78 bits per heavy atom. The molecular formula is C17H18ClFIN3O3S. The smallest absolute Gasteiger partial charge is 0.301 e. The summed E-state index contributed by atoms with van der Waals surface area (Å²) in [5, 5.41) is 13.0. The molecule has 0 unspecified atom stereocenters. The van der Waals surface area contributed by atoms with Crippen LogP contribution in [0.2, 0.25) is 5.02 Å². The molecule has 2 aromatic rings. The average Bonchev–Trinajstić information content (AvgIpc) is 2.60. The second kappa shape index (κ2) is 8.48. The van der Waals surface area contributed by atoms with Crippen LogP contribution in [0.5, 0.6) is 0 Å². The normalized spacial score (nSPS) is 16.3. The Labute approximate surface area is 176 Å². The Morgan fingerprint density at radius 3 is 2.44 bits per heavy atom. The van der Waals surface area contributed by atoms with E-state index in [0.29, 0.717) is 23.6 Å². The van der Waals surface area contributed by atoms with Gasteiger partial charge in [0.25, 0.3) is 0 Å². The van der Waals surface area contributed by atoms with E-state index < -0.39 is 22.1 Å². The van der Waals surface area contributed by atoms with Gasteiger partial charge in [0.1, 0.15) is 5.82 Å². The highest BCUT2D eigenvalue weighted by Crippen LogP contribution is 2.32. The Kier molecular flexibility index (Phi) is 6.46. The molecule has 10 heteroatoms. The number of hydrogen-bond acceptors (Lipinski definition) is 4. The lowest BCUT2D eigenvalue weighted by Gasteiger charge is -2.29. The van der Waals surface area contributed by atoms with Crippen LogP contribution in [-0.2, 0) is 10.2 Å². The van der Waals surface area contributed by atoms with Crippen molar-refractivity contribution in [2.45, 2.75) is 18.9 Å². The van der Waals surface area contributed by atoms with Crippen molar-refractivity contribution in [2.24, 2.45) is 0 Å². The second-order valence-corrected chi connectivity index (χ2v) is 9.50. The summed E-state index contributed by atoms with van der Waals surface area (Å²) >= 11 is 8.33. The molecule has 0 spiro atoms. The maximum atomic E-state index is 13.8. The number of nitrogens with zero attached hydrogens (tertiary/aromatic N) is 1. The molecule has 3 N–H and O–H groups in total. The number of nitrogens with one attached hydrogen (secondary N) is 2. The first-order valence-corrected chi connectivity index (χ1v) is 11.1. The molecule has 1 fully saturated rings. The van der Waals surface area contributed by atoms with E-state index in [1.165, 1.54) is 22.5 Å². The molecule has 2 aromatic carbocycles. The minimum absolute atomic E-state index is 0.206. The largest absolute Gasteiger partial charge is 0.393 e. The third-order valence-electron chi connectivity index (χ3n) is 4.18. The third-order valence-corrected chi connectivity index (χ3v) is 6.69. The van der Waals surface area contributed by atoms with Crippen LogP contribution in [0.15, 0.2) is 36.4 Å². The topological polar surface area (TPSA) is 81.7 Å². The van der Waals surface area contributed by atoms with Gasteiger partial charge in [-0.1, -0.05) is 11.6 Å². The van der Waals surface area contributed by atoms with Crippen molar-refractivity contribution < 1.29 is 17.9 Å². The van der Waals surface area contributed by atoms with Gasteiger partial charge in [-0.15, -0.1) is 0 Å². The molecule has 1 aliphatic rings. The third kappa shape index (κ3) is 5.23. The van der Waals surface area contributed by atoms with Crippen molar-refractivity contribution in [3.8, 4) is 0 Å².